The maximum atomic E-state index is 11.7. The van der Waals surface area contributed by atoms with Crippen molar-refractivity contribution in [2.75, 3.05) is 13.2 Å². The van der Waals surface area contributed by atoms with E-state index in [2.05, 4.69) is 0 Å². The Bertz CT molecular complexity index is 432. The fraction of sp³-hybridized carbons (Fsp3) is 0.385. The first-order valence-corrected chi connectivity index (χ1v) is 5.86. The summed E-state index contributed by atoms with van der Waals surface area (Å²) >= 11 is 0. The second-order valence-corrected chi connectivity index (χ2v) is 4.16. The van der Waals surface area contributed by atoms with Crippen molar-refractivity contribution in [3.05, 3.63) is 35.9 Å². The Morgan fingerprint density at radius 1 is 1.39 bits per heavy atom. The van der Waals surface area contributed by atoms with Crippen LogP contribution in [-0.4, -0.2) is 41.3 Å². The van der Waals surface area contributed by atoms with Gasteiger partial charge >= 0.3 is 6.09 Å². The lowest BCUT2D eigenvalue weighted by Gasteiger charge is -2.19. The molecule has 1 atom stereocenters. The van der Waals surface area contributed by atoms with Crippen LogP contribution in [-0.2, 0) is 16.0 Å². The van der Waals surface area contributed by atoms with E-state index in [0.29, 0.717) is 6.42 Å². The van der Waals surface area contributed by atoms with E-state index in [1.165, 1.54) is 0 Å². The monoisotopic (exact) mass is 249 g/mol. The molecule has 1 aromatic carbocycles. The molecule has 1 fully saturated rings. The van der Waals surface area contributed by atoms with E-state index in [4.69, 9.17) is 9.84 Å². The molecule has 18 heavy (non-hydrogen) atoms. The number of hydrogen-bond acceptors (Lipinski definition) is 4. The third-order valence-corrected chi connectivity index (χ3v) is 2.87. The lowest BCUT2D eigenvalue weighted by Crippen LogP contribution is -2.40. The number of aliphatic hydroxyl groups is 1. The predicted octanol–water partition coefficient (Wildman–Crippen LogP) is 0.959. The number of cyclic esters (lactones) is 1. The van der Waals surface area contributed by atoms with Gasteiger partial charge in [-0.3, -0.25) is 4.79 Å². The maximum absolute atomic E-state index is 11.7. The summed E-state index contributed by atoms with van der Waals surface area (Å²) in [5, 5.41) is 8.76. The highest BCUT2D eigenvalue weighted by molar-refractivity contribution is 5.93. The molecular formula is C13H15NO4. The summed E-state index contributed by atoms with van der Waals surface area (Å²) in [5.74, 6) is -0.388. The quantitative estimate of drug-likeness (QED) is 0.863. The number of nitrogens with zero attached hydrogens (tertiary/aromatic N) is 1. The summed E-state index contributed by atoms with van der Waals surface area (Å²) in [6, 6.07) is 9.34. The van der Waals surface area contributed by atoms with Gasteiger partial charge in [-0.25, -0.2) is 9.69 Å². The zero-order valence-electron chi connectivity index (χ0n) is 9.91. The third-order valence-electron chi connectivity index (χ3n) is 2.87. The van der Waals surface area contributed by atoms with Gasteiger partial charge in [0, 0.05) is 0 Å². The van der Waals surface area contributed by atoms with Gasteiger partial charge in [0.15, 0.2) is 0 Å². The van der Waals surface area contributed by atoms with Gasteiger partial charge in [0.05, 0.1) is 19.1 Å². The summed E-state index contributed by atoms with van der Waals surface area (Å²) in [6.07, 6.45) is -0.0983. The molecule has 0 aliphatic carbocycles. The molecule has 2 rings (SSSR count). The Balaban J connectivity index is 2.07. The fourth-order valence-corrected chi connectivity index (χ4v) is 2.02. The zero-order chi connectivity index (χ0) is 13.0. The molecule has 0 radical (unpaired) electrons. The third kappa shape index (κ3) is 2.68. The molecule has 2 amide bonds. The van der Waals surface area contributed by atoms with E-state index in [1.54, 1.807) is 0 Å². The first-order chi connectivity index (χ1) is 8.72. The van der Waals surface area contributed by atoms with Crippen molar-refractivity contribution in [3.8, 4) is 0 Å². The van der Waals surface area contributed by atoms with Crippen molar-refractivity contribution in [3.63, 3.8) is 0 Å². The van der Waals surface area contributed by atoms with E-state index < -0.39 is 6.09 Å². The van der Waals surface area contributed by atoms with Crippen LogP contribution >= 0.6 is 0 Å². The Morgan fingerprint density at radius 3 is 2.78 bits per heavy atom. The second kappa shape index (κ2) is 5.64. The summed E-state index contributed by atoms with van der Waals surface area (Å²) in [6.45, 7) is -0.0500. The zero-order valence-corrected chi connectivity index (χ0v) is 9.91. The minimum Gasteiger partial charge on any atom is -0.447 e. The fourth-order valence-electron chi connectivity index (χ4n) is 2.02. The number of rotatable bonds is 4. The molecule has 1 heterocycles. The van der Waals surface area contributed by atoms with Crippen LogP contribution < -0.4 is 0 Å². The first kappa shape index (κ1) is 12.6. The van der Waals surface area contributed by atoms with Crippen LogP contribution in [0.3, 0.4) is 0 Å². The summed E-state index contributed by atoms with van der Waals surface area (Å²) < 4.78 is 4.90. The maximum Gasteiger partial charge on any atom is 0.416 e. The molecule has 1 aliphatic rings. The lowest BCUT2D eigenvalue weighted by atomic mass is 10.1. The number of amides is 2. The van der Waals surface area contributed by atoms with Gasteiger partial charge in [-0.15, -0.1) is 0 Å². The smallest absolute Gasteiger partial charge is 0.416 e. The van der Waals surface area contributed by atoms with E-state index in [0.717, 1.165) is 10.5 Å². The largest absolute Gasteiger partial charge is 0.447 e. The van der Waals surface area contributed by atoms with Crippen LogP contribution in [0.4, 0.5) is 4.79 Å². The van der Waals surface area contributed by atoms with Crippen LogP contribution in [0, 0.1) is 0 Å². The Labute approximate surface area is 105 Å². The summed E-state index contributed by atoms with van der Waals surface area (Å²) in [7, 11) is 0. The van der Waals surface area contributed by atoms with Crippen molar-refractivity contribution in [2.24, 2.45) is 0 Å². The molecule has 1 saturated heterocycles. The molecule has 1 aliphatic heterocycles. The molecule has 0 bridgehead atoms. The van der Waals surface area contributed by atoms with E-state index in [9.17, 15) is 9.59 Å². The molecule has 0 saturated carbocycles. The van der Waals surface area contributed by atoms with E-state index in [-0.39, 0.29) is 31.6 Å². The predicted molar refractivity (Wildman–Crippen MR) is 63.8 cm³/mol. The van der Waals surface area contributed by atoms with Gasteiger partial charge in [-0.1, -0.05) is 30.3 Å². The number of imide groups is 1. The number of carbonyl (C=O) groups is 2. The first-order valence-electron chi connectivity index (χ1n) is 5.86. The highest BCUT2D eigenvalue weighted by atomic mass is 16.6. The minimum atomic E-state index is -0.616. The normalized spacial score (nSPS) is 18.8. The van der Waals surface area contributed by atoms with Crippen molar-refractivity contribution in [1.29, 1.82) is 0 Å². The van der Waals surface area contributed by atoms with Crippen molar-refractivity contribution in [1.82, 2.24) is 4.90 Å². The van der Waals surface area contributed by atoms with Gasteiger partial charge in [0.25, 0.3) is 0 Å². The Hall–Kier alpha value is -1.88. The van der Waals surface area contributed by atoms with Gasteiger partial charge in [-0.2, -0.15) is 0 Å². The van der Waals surface area contributed by atoms with Gasteiger partial charge in [-0.05, 0) is 12.0 Å². The van der Waals surface area contributed by atoms with Crippen LogP contribution in [0.5, 0.6) is 0 Å². The van der Waals surface area contributed by atoms with Crippen LogP contribution in [0.15, 0.2) is 30.3 Å². The van der Waals surface area contributed by atoms with Gasteiger partial charge in [0.1, 0.15) is 6.61 Å². The molecular weight excluding hydrogens is 234 g/mol. The molecule has 96 valence electrons. The van der Waals surface area contributed by atoms with Crippen LogP contribution in [0.1, 0.15) is 12.0 Å². The van der Waals surface area contributed by atoms with Crippen molar-refractivity contribution in [2.45, 2.75) is 18.9 Å². The number of aliphatic hydroxyl groups excluding tert-OH is 1. The second-order valence-electron chi connectivity index (χ2n) is 4.16. The number of benzene rings is 1. The minimum absolute atomic E-state index is 0.0552. The standard InChI is InChI=1S/C13H15NO4/c15-7-6-12(16)14-11(9-18-13(14)17)8-10-4-2-1-3-5-10/h1-5,11,15H,6-9H2/t11-/m0/s1. The molecule has 0 aromatic heterocycles. The highest BCUT2D eigenvalue weighted by Crippen LogP contribution is 2.18. The number of ether oxygens (including phenoxy) is 1. The highest BCUT2D eigenvalue weighted by Gasteiger charge is 2.37. The molecule has 0 spiro atoms. The number of hydrogen-bond donors (Lipinski definition) is 1. The number of carbonyl (C=O) groups excluding carboxylic acids is 2. The van der Waals surface area contributed by atoms with E-state index in [1.807, 2.05) is 30.3 Å². The Kier molecular flexibility index (Phi) is 3.94. The average Bonchev–Trinajstić information content (AvgIpc) is 2.72. The van der Waals surface area contributed by atoms with Crippen LogP contribution in [0.2, 0.25) is 0 Å². The summed E-state index contributed by atoms with van der Waals surface area (Å²) in [5.41, 5.74) is 1.04. The molecule has 1 N–H and O–H groups in total. The summed E-state index contributed by atoms with van der Waals surface area (Å²) in [4.78, 5) is 24.3. The molecule has 5 heteroatoms. The van der Waals surface area contributed by atoms with Crippen molar-refractivity contribution >= 4 is 12.0 Å². The SMILES string of the molecule is O=C(CCO)N1C(=O)OC[C@@H]1Cc1ccccc1. The Morgan fingerprint density at radius 2 is 2.11 bits per heavy atom. The van der Waals surface area contributed by atoms with Gasteiger partial charge < -0.3 is 9.84 Å². The topological polar surface area (TPSA) is 66.8 Å². The molecule has 5 nitrogen and oxygen atoms in total. The average molecular weight is 249 g/mol. The van der Waals surface area contributed by atoms with Crippen LogP contribution in [0.25, 0.3) is 0 Å². The van der Waals surface area contributed by atoms with E-state index >= 15 is 0 Å². The van der Waals surface area contributed by atoms with Crippen molar-refractivity contribution < 1.29 is 19.4 Å². The molecule has 0 unspecified atom stereocenters. The van der Waals surface area contributed by atoms with Gasteiger partial charge in [0.2, 0.25) is 5.91 Å². The molecule has 1 aromatic rings. The lowest BCUT2D eigenvalue weighted by molar-refractivity contribution is -0.129.